The molecule has 0 spiro atoms. The van der Waals surface area contributed by atoms with Gasteiger partial charge in [0, 0.05) is 12.0 Å². The molecule has 1 atom stereocenters. The van der Waals surface area contributed by atoms with Crippen molar-refractivity contribution in [1.82, 2.24) is 0 Å². The summed E-state index contributed by atoms with van der Waals surface area (Å²) in [6, 6.07) is 9.63. The molecule has 0 aliphatic carbocycles. The van der Waals surface area contributed by atoms with Crippen molar-refractivity contribution in [1.29, 1.82) is 0 Å². The molecule has 3 rings (SSSR count). The first kappa shape index (κ1) is 14.2. The van der Waals surface area contributed by atoms with Gasteiger partial charge >= 0.3 is 0 Å². The number of halogens is 2. The molecule has 5 heteroatoms. The summed E-state index contributed by atoms with van der Waals surface area (Å²) in [6.07, 6.45) is 0.454. The molecule has 1 aliphatic heterocycles. The summed E-state index contributed by atoms with van der Waals surface area (Å²) in [5.74, 6) is 0.980. The van der Waals surface area contributed by atoms with Crippen molar-refractivity contribution in [2.24, 2.45) is 0 Å². The molecule has 0 saturated carbocycles. The fraction of sp³-hybridized carbons (Fsp3) is 0.250. The van der Waals surface area contributed by atoms with Crippen LogP contribution in [0.15, 0.2) is 36.4 Å². The summed E-state index contributed by atoms with van der Waals surface area (Å²) < 4.78 is 24.5. The number of ether oxygens (including phenoxy) is 2. The first-order valence-corrected chi connectivity index (χ1v) is 7.00. The second-order valence-corrected chi connectivity index (χ2v) is 5.34. The van der Waals surface area contributed by atoms with Gasteiger partial charge in [0.1, 0.15) is 30.0 Å². The number of benzene rings is 2. The van der Waals surface area contributed by atoms with Crippen LogP contribution in [0, 0.1) is 5.82 Å². The minimum Gasteiger partial charge on any atom is -0.488 e. The Hall–Kier alpha value is -1.78. The molecule has 110 valence electrons. The van der Waals surface area contributed by atoms with E-state index in [0.29, 0.717) is 29.5 Å². The molecular formula is C16H14ClFO3. The van der Waals surface area contributed by atoms with Gasteiger partial charge in [-0.15, -0.1) is 0 Å². The Labute approximate surface area is 126 Å². The third-order valence-corrected chi connectivity index (χ3v) is 3.66. The maximum Gasteiger partial charge on any atom is 0.138 e. The Kier molecular flexibility index (Phi) is 3.99. The summed E-state index contributed by atoms with van der Waals surface area (Å²) in [6.45, 7) is 0.265. The quantitative estimate of drug-likeness (QED) is 0.941. The number of aliphatic hydroxyl groups excluding tert-OH is 1. The molecule has 0 bridgehead atoms. The molecule has 0 amide bonds. The molecule has 1 aliphatic rings. The highest BCUT2D eigenvalue weighted by molar-refractivity contribution is 6.32. The summed E-state index contributed by atoms with van der Waals surface area (Å²) >= 11 is 6.08. The average molecular weight is 309 g/mol. The lowest BCUT2D eigenvalue weighted by Crippen LogP contribution is -2.22. The van der Waals surface area contributed by atoms with Gasteiger partial charge in [-0.2, -0.15) is 0 Å². The Balaban J connectivity index is 1.62. The Morgan fingerprint density at radius 1 is 1.29 bits per heavy atom. The van der Waals surface area contributed by atoms with Gasteiger partial charge in [0.15, 0.2) is 0 Å². The van der Waals surface area contributed by atoms with E-state index in [1.54, 1.807) is 24.3 Å². The largest absolute Gasteiger partial charge is 0.488 e. The van der Waals surface area contributed by atoms with Gasteiger partial charge in [-0.3, -0.25) is 0 Å². The zero-order valence-corrected chi connectivity index (χ0v) is 11.9. The standard InChI is InChI=1S/C16H14ClFO3/c17-14-5-10(8-19)1-3-16(14)20-9-13-7-11-6-12(18)2-4-15(11)21-13/h1-6,13,19H,7-9H2. The lowest BCUT2D eigenvalue weighted by molar-refractivity contribution is 0.148. The van der Waals surface area contributed by atoms with Crippen molar-refractivity contribution >= 4 is 11.6 Å². The van der Waals surface area contributed by atoms with E-state index in [2.05, 4.69) is 0 Å². The zero-order chi connectivity index (χ0) is 14.8. The number of hydrogen-bond acceptors (Lipinski definition) is 3. The molecule has 0 aromatic heterocycles. The minimum atomic E-state index is -0.262. The average Bonchev–Trinajstić information content (AvgIpc) is 2.87. The topological polar surface area (TPSA) is 38.7 Å². The van der Waals surface area contributed by atoms with Crippen molar-refractivity contribution < 1.29 is 19.0 Å². The van der Waals surface area contributed by atoms with E-state index in [1.165, 1.54) is 12.1 Å². The molecule has 2 aromatic carbocycles. The fourth-order valence-electron chi connectivity index (χ4n) is 2.32. The van der Waals surface area contributed by atoms with Crippen molar-refractivity contribution in [2.45, 2.75) is 19.1 Å². The van der Waals surface area contributed by atoms with Crippen LogP contribution in [0.25, 0.3) is 0 Å². The summed E-state index contributed by atoms with van der Waals surface area (Å²) in [5, 5.41) is 9.48. The van der Waals surface area contributed by atoms with Crippen molar-refractivity contribution in [3.63, 3.8) is 0 Å². The van der Waals surface area contributed by atoms with Crippen LogP contribution < -0.4 is 9.47 Å². The van der Waals surface area contributed by atoms with E-state index < -0.39 is 0 Å². The highest BCUT2D eigenvalue weighted by Gasteiger charge is 2.24. The Morgan fingerprint density at radius 3 is 2.90 bits per heavy atom. The van der Waals surface area contributed by atoms with Crippen LogP contribution in [0.1, 0.15) is 11.1 Å². The first-order valence-electron chi connectivity index (χ1n) is 6.63. The molecule has 0 radical (unpaired) electrons. The molecule has 21 heavy (non-hydrogen) atoms. The predicted molar refractivity (Wildman–Crippen MR) is 77.4 cm³/mol. The maximum absolute atomic E-state index is 13.1. The number of hydrogen-bond donors (Lipinski definition) is 1. The minimum absolute atomic E-state index is 0.0629. The Bertz CT molecular complexity index is 660. The van der Waals surface area contributed by atoms with E-state index in [0.717, 1.165) is 11.1 Å². The molecule has 1 unspecified atom stereocenters. The van der Waals surface area contributed by atoms with E-state index in [1.807, 2.05) is 0 Å². The van der Waals surface area contributed by atoms with Crippen LogP contribution in [0.4, 0.5) is 4.39 Å². The third-order valence-electron chi connectivity index (χ3n) is 3.37. The summed E-state index contributed by atoms with van der Waals surface area (Å²) in [5.41, 5.74) is 1.58. The molecule has 0 saturated heterocycles. The van der Waals surface area contributed by atoms with Gasteiger partial charge in [-0.25, -0.2) is 4.39 Å². The van der Waals surface area contributed by atoms with Crippen LogP contribution in [0.2, 0.25) is 5.02 Å². The molecule has 1 N–H and O–H groups in total. The van der Waals surface area contributed by atoms with Crippen LogP contribution in [0.5, 0.6) is 11.5 Å². The molecular weight excluding hydrogens is 295 g/mol. The Morgan fingerprint density at radius 2 is 2.14 bits per heavy atom. The van der Waals surface area contributed by atoms with Gasteiger partial charge in [0.25, 0.3) is 0 Å². The van der Waals surface area contributed by atoms with E-state index in [-0.39, 0.29) is 18.5 Å². The molecule has 1 heterocycles. The van der Waals surface area contributed by atoms with Crippen molar-refractivity contribution in [2.75, 3.05) is 6.61 Å². The van der Waals surface area contributed by atoms with Gasteiger partial charge in [-0.05, 0) is 35.9 Å². The zero-order valence-electron chi connectivity index (χ0n) is 11.2. The highest BCUT2D eigenvalue weighted by Crippen LogP contribution is 2.31. The van der Waals surface area contributed by atoms with E-state index in [4.69, 9.17) is 26.2 Å². The maximum atomic E-state index is 13.1. The summed E-state index contributed by atoms with van der Waals surface area (Å²) in [4.78, 5) is 0. The predicted octanol–water partition coefficient (Wildman–Crippen LogP) is 3.35. The van der Waals surface area contributed by atoms with E-state index >= 15 is 0 Å². The number of fused-ring (bicyclic) bond motifs is 1. The monoisotopic (exact) mass is 308 g/mol. The summed E-state index contributed by atoms with van der Waals surface area (Å²) in [7, 11) is 0. The molecule has 0 fully saturated rings. The highest BCUT2D eigenvalue weighted by atomic mass is 35.5. The van der Waals surface area contributed by atoms with E-state index in [9.17, 15) is 4.39 Å². The second-order valence-electron chi connectivity index (χ2n) is 4.93. The lowest BCUT2D eigenvalue weighted by Gasteiger charge is -2.13. The van der Waals surface area contributed by atoms with Gasteiger partial charge in [-0.1, -0.05) is 17.7 Å². The van der Waals surface area contributed by atoms with Gasteiger partial charge in [0.05, 0.1) is 11.6 Å². The molecule has 3 nitrogen and oxygen atoms in total. The van der Waals surface area contributed by atoms with Crippen LogP contribution in [-0.4, -0.2) is 17.8 Å². The van der Waals surface area contributed by atoms with Crippen LogP contribution >= 0.6 is 11.6 Å². The van der Waals surface area contributed by atoms with Crippen LogP contribution in [-0.2, 0) is 13.0 Å². The number of rotatable bonds is 4. The smallest absolute Gasteiger partial charge is 0.138 e. The van der Waals surface area contributed by atoms with Crippen molar-refractivity contribution in [3.05, 3.63) is 58.4 Å². The van der Waals surface area contributed by atoms with Gasteiger partial charge in [0.2, 0.25) is 0 Å². The normalized spacial score (nSPS) is 16.4. The fourth-order valence-corrected chi connectivity index (χ4v) is 2.58. The van der Waals surface area contributed by atoms with Gasteiger partial charge < -0.3 is 14.6 Å². The van der Waals surface area contributed by atoms with Crippen molar-refractivity contribution in [3.8, 4) is 11.5 Å². The lowest BCUT2D eigenvalue weighted by atomic mass is 10.1. The SMILES string of the molecule is OCc1ccc(OCC2Cc3cc(F)ccc3O2)c(Cl)c1. The molecule has 2 aromatic rings. The third kappa shape index (κ3) is 3.12. The van der Waals surface area contributed by atoms with Crippen LogP contribution in [0.3, 0.4) is 0 Å². The second kappa shape index (κ2) is 5.92. The first-order chi connectivity index (χ1) is 10.2. The number of aliphatic hydroxyl groups is 1.